The lowest BCUT2D eigenvalue weighted by Gasteiger charge is -2.14. The molecule has 4 heteroatoms. The van der Waals surface area contributed by atoms with Crippen LogP contribution in [0, 0.1) is 20.8 Å². The molecule has 0 atom stereocenters. The number of nitrogens with zero attached hydrogens (tertiary/aromatic N) is 2. The van der Waals surface area contributed by atoms with Crippen LogP contribution in [0.3, 0.4) is 0 Å². The van der Waals surface area contributed by atoms with Gasteiger partial charge in [-0.1, -0.05) is 0 Å². The monoisotopic (exact) mass is 243 g/mol. The Labute approximate surface area is 107 Å². The molecule has 18 heavy (non-hydrogen) atoms. The van der Waals surface area contributed by atoms with Gasteiger partial charge in [0.1, 0.15) is 5.75 Å². The predicted octanol–water partition coefficient (Wildman–Crippen LogP) is 2.66. The van der Waals surface area contributed by atoms with Crippen molar-refractivity contribution >= 4 is 5.69 Å². The third-order valence-electron chi connectivity index (χ3n) is 3.14. The molecule has 0 fully saturated rings. The third kappa shape index (κ3) is 2.01. The van der Waals surface area contributed by atoms with Crippen molar-refractivity contribution in [2.45, 2.75) is 20.8 Å². The first-order chi connectivity index (χ1) is 8.54. The summed E-state index contributed by atoms with van der Waals surface area (Å²) in [7, 11) is 1.69. The molecule has 1 aromatic carbocycles. The molecule has 0 aliphatic carbocycles. The number of aromatic nitrogens is 2. The SMILES string of the molecule is COc1c(C)cc(-c2ncc(N)cn2)c(C)c1C. The number of benzene rings is 1. The number of rotatable bonds is 2. The van der Waals surface area contributed by atoms with Crippen molar-refractivity contribution in [3.8, 4) is 17.1 Å². The topological polar surface area (TPSA) is 61.0 Å². The standard InChI is InChI=1S/C14H17N3O/c1-8-5-12(9(2)10(3)13(8)18-4)14-16-6-11(15)7-17-14/h5-7H,15H2,1-4H3. The predicted molar refractivity (Wildman–Crippen MR) is 72.6 cm³/mol. The van der Waals surface area contributed by atoms with Crippen LogP contribution < -0.4 is 10.5 Å². The van der Waals surface area contributed by atoms with Gasteiger partial charge in [-0.2, -0.15) is 0 Å². The Balaban J connectivity index is 2.62. The highest BCUT2D eigenvalue weighted by Gasteiger charge is 2.13. The Morgan fingerprint density at radius 2 is 1.67 bits per heavy atom. The average molecular weight is 243 g/mol. The van der Waals surface area contributed by atoms with Crippen LogP contribution in [0.25, 0.3) is 11.4 Å². The summed E-state index contributed by atoms with van der Waals surface area (Å²) >= 11 is 0. The van der Waals surface area contributed by atoms with Gasteiger partial charge in [0.05, 0.1) is 25.2 Å². The summed E-state index contributed by atoms with van der Waals surface area (Å²) in [5, 5.41) is 0. The molecular formula is C14H17N3O. The maximum absolute atomic E-state index is 5.60. The fourth-order valence-electron chi connectivity index (χ4n) is 2.08. The fraction of sp³-hybridized carbons (Fsp3) is 0.286. The molecule has 94 valence electrons. The van der Waals surface area contributed by atoms with Gasteiger partial charge in [-0.05, 0) is 43.5 Å². The molecule has 0 saturated heterocycles. The number of methoxy groups -OCH3 is 1. The number of nitrogen functional groups attached to an aromatic ring is 1. The molecule has 0 bridgehead atoms. The van der Waals surface area contributed by atoms with E-state index in [-0.39, 0.29) is 0 Å². The summed E-state index contributed by atoms with van der Waals surface area (Å²) < 4.78 is 5.41. The van der Waals surface area contributed by atoms with Crippen LogP contribution in [0.4, 0.5) is 5.69 Å². The Hall–Kier alpha value is -2.10. The zero-order valence-electron chi connectivity index (χ0n) is 11.1. The van der Waals surface area contributed by atoms with Crippen molar-refractivity contribution in [2.75, 3.05) is 12.8 Å². The largest absolute Gasteiger partial charge is 0.496 e. The zero-order valence-corrected chi connectivity index (χ0v) is 11.1. The van der Waals surface area contributed by atoms with Crippen molar-refractivity contribution in [1.82, 2.24) is 9.97 Å². The van der Waals surface area contributed by atoms with Crippen LogP contribution >= 0.6 is 0 Å². The van der Waals surface area contributed by atoms with Crippen LogP contribution in [-0.2, 0) is 0 Å². The van der Waals surface area contributed by atoms with Gasteiger partial charge >= 0.3 is 0 Å². The molecule has 0 saturated carbocycles. The molecule has 0 aliphatic rings. The molecule has 0 spiro atoms. The van der Waals surface area contributed by atoms with E-state index in [1.54, 1.807) is 19.5 Å². The average Bonchev–Trinajstić information content (AvgIpc) is 2.36. The minimum atomic E-state index is 0.568. The van der Waals surface area contributed by atoms with Gasteiger partial charge in [-0.15, -0.1) is 0 Å². The lowest BCUT2D eigenvalue weighted by Crippen LogP contribution is -1.99. The van der Waals surface area contributed by atoms with Crippen molar-refractivity contribution in [3.05, 3.63) is 35.2 Å². The van der Waals surface area contributed by atoms with E-state index in [2.05, 4.69) is 9.97 Å². The second kappa shape index (κ2) is 4.64. The van der Waals surface area contributed by atoms with Gasteiger partial charge < -0.3 is 10.5 Å². The first-order valence-corrected chi connectivity index (χ1v) is 5.77. The maximum Gasteiger partial charge on any atom is 0.159 e. The van der Waals surface area contributed by atoms with Crippen molar-refractivity contribution in [2.24, 2.45) is 0 Å². The highest BCUT2D eigenvalue weighted by atomic mass is 16.5. The molecular weight excluding hydrogens is 226 g/mol. The van der Waals surface area contributed by atoms with Gasteiger partial charge in [0, 0.05) is 5.56 Å². The summed E-state index contributed by atoms with van der Waals surface area (Å²) in [6, 6.07) is 2.05. The van der Waals surface area contributed by atoms with Gasteiger partial charge in [0.15, 0.2) is 5.82 Å². The molecule has 0 amide bonds. The maximum atomic E-state index is 5.60. The first kappa shape index (κ1) is 12.4. The molecule has 1 aromatic heterocycles. The zero-order chi connectivity index (χ0) is 13.3. The number of nitrogens with two attached hydrogens (primary N) is 1. The number of anilines is 1. The van der Waals surface area contributed by atoms with Crippen LogP contribution in [0.2, 0.25) is 0 Å². The summed E-state index contributed by atoms with van der Waals surface area (Å²) in [5.41, 5.74) is 10.5. The van der Waals surface area contributed by atoms with Crippen molar-refractivity contribution < 1.29 is 4.74 Å². The second-order valence-corrected chi connectivity index (χ2v) is 4.36. The quantitative estimate of drug-likeness (QED) is 0.880. The van der Waals surface area contributed by atoms with E-state index in [1.165, 1.54) is 0 Å². The molecule has 0 radical (unpaired) electrons. The van der Waals surface area contributed by atoms with Crippen LogP contribution in [0.1, 0.15) is 16.7 Å². The summed E-state index contributed by atoms with van der Waals surface area (Å²) in [5.74, 6) is 1.61. The highest BCUT2D eigenvalue weighted by molar-refractivity contribution is 5.67. The van der Waals surface area contributed by atoms with Crippen LogP contribution in [0.5, 0.6) is 5.75 Å². The van der Waals surface area contributed by atoms with E-state index in [0.29, 0.717) is 11.5 Å². The highest BCUT2D eigenvalue weighted by Crippen LogP contribution is 2.32. The second-order valence-electron chi connectivity index (χ2n) is 4.36. The summed E-state index contributed by atoms with van der Waals surface area (Å²) in [6.45, 7) is 6.11. The molecule has 4 nitrogen and oxygen atoms in total. The van der Waals surface area contributed by atoms with Gasteiger partial charge in [-0.25, -0.2) is 9.97 Å². The molecule has 2 rings (SSSR count). The summed E-state index contributed by atoms with van der Waals surface area (Å²) in [4.78, 5) is 8.54. The third-order valence-corrected chi connectivity index (χ3v) is 3.14. The first-order valence-electron chi connectivity index (χ1n) is 5.77. The Morgan fingerprint density at radius 1 is 1.06 bits per heavy atom. The van der Waals surface area contributed by atoms with Gasteiger partial charge in [0.2, 0.25) is 0 Å². The number of aryl methyl sites for hydroxylation is 1. The molecule has 0 unspecified atom stereocenters. The van der Waals surface area contributed by atoms with Gasteiger partial charge in [-0.3, -0.25) is 0 Å². The van der Waals surface area contributed by atoms with E-state index in [0.717, 1.165) is 28.0 Å². The molecule has 2 aromatic rings. The Bertz CT molecular complexity index is 577. The Morgan fingerprint density at radius 3 is 2.22 bits per heavy atom. The molecule has 2 N–H and O–H groups in total. The molecule has 1 heterocycles. The Kier molecular flexibility index (Phi) is 3.19. The summed E-state index contributed by atoms with van der Waals surface area (Å²) in [6.07, 6.45) is 3.24. The van der Waals surface area contributed by atoms with Crippen molar-refractivity contribution in [3.63, 3.8) is 0 Å². The lowest BCUT2D eigenvalue weighted by atomic mass is 9.98. The fourth-order valence-corrected chi connectivity index (χ4v) is 2.08. The van der Waals surface area contributed by atoms with E-state index >= 15 is 0 Å². The minimum Gasteiger partial charge on any atom is -0.496 e. The van der Waals surface area contributed by atoms with Gasteiger partial charge in [0.25, 0.3) is 0 Å². The lowest BCUT2D eigenvalue weighted by molar-refractivity contribution is 0.408. The minimum absolute atomic E-state index is 0.568. The van der Waals surface area contributed by atoms with E-state index in [1.807, 2.05) is 26.8 Å². The normalized spacial score (nSPS) is 10.4. The van der Waals surface area contributed by atoms with E-state index in [9.17, 15) is 0 Å². The number of ether oxygens (including phenoxy) is 1. The van der Waals surface area contributed by atoms with Crippen molar-refractivity contribution in [1.29, 1.82) is 0 Å². The van der Waals surface area contributed by atoms with Crippen LogP contribution in [-0.4, -0.2) is 17.1 Å². The van der Waals surface area contributed by atoms with Crippen LogP contribution in [0.15, 0.2) is 18.5 Å². The number of hydrogen-bond donors (Lipinski definition) is 1. The number of hydrogen-bond acceptors (Lipinski definition) is 4. The van der Waals surface area contributed by atoms with E-state index in [4.69, 9.17) is 10.5 Å². The van der Waals surface area contributed by atoms with E-state index < -0.39 is 0 Å². The molecule has 0 aliphatic heterocycles. The smallest absolute Gasteiger partial charge is 0.159 e.